The first-order valence-corrected chi connectivity index (χ1v) is 5.73. The quantitative estimate of drug-likeness (QED) is 0.670. The van der Waals surface area contributed by atoms with Crippen molar-refractivity contribution in [1.82, 2.24) is 0 Å². The first-order valence-electron chi connectivity index (χ1n) is 4.86. The van der Waals surface area contributed by atoms with Crippen LogP contribution in [0.1, 0.15) is 42.0 Å². The lowest BCUT2D eigenvalue weighted by molar-refractivity contribution is -0.121. The summed E-state index contributed by atoms with van der Waals surface area (Å²) in [6, 6.07) is 2.12. The molecular formula is C11H14OS. The van der Waals surface area contributed by atoms with E-state index < -0.39 is 0 Å². The molecule has 1 aliphatic carbocycles. The van der Waals surface area contributed by atoms with Gasteiger partial charge in [0.25, 0.3) is 0 Å². The summed E-state index contributed by atoms with van der Waals surface area (Å²) in [6.07, 6.45) is 4.17. The molecule has 1 aliphatic rings. The summed E-state index contributed by atoms with van der Waals surface area (Å²) < 4.78 is 0. The summed E-state index contributed by atoms with van der Waals surface area (Å²) in [7, 11) is 0. The minimum Gasteiger partial charge on any atom is -0.299 e. The highest BCUT2D eigenvalue weighted by Gasteiger charge is 2.25. The summed E-state index contributed by atoms with van der Waals surface area (Å²) in [5, 5.41) is 2.09. The Hall–Kier alpha value is -0.630. The van der Waals surface area contributed by atoms with Crippen LogP contribution < -0.4 is 0 Å². The van der Waals surface area contributed by atoms with Crippen LogP contribution in [-0.4, -0.2) is 5.78 Å². The second-order valence-corrected chi connectivity index (χ2v) is 4.82. The van der Waals surface area contributed by atoms with Crippen LogP contribution in [0.25, 0.3) is 0 Å². The molecule has 1 unspecified atom stereocenters. The van der Waals surface area contributed by atoms with Gasteiger partial charge < -0.3 is 0 Å². The lowest BCUT2D eigenvalue weighted by atomic mass is 9.83. The molecule has 2 heteroatoms. The van der Waals surface area contributed by atoms with Gasteiger partial charge in [0, 0.05) is 17.2 Å². The molecule has 2 rings (SSSR count). The van der Waals surface area contributed by atoms with E-state index >= 15 is 0 Å². The number of ketones is 1. The normalized spacial score (nSPS) is 23.5. The van der Waals surface area contributed by atoms with Crippen LogP contribution in [0.3, 0.4) is 0 Å². The Morgan fingerprint density at radius 3 is 2.92 bits per heavy atom. The molecule has 0 amide bonds. The lowest BCUT2D eigenvalue weighted by Crippen LogP contribution is -2.16. The molecule has 0 aromatic carbocycles. The Labute approximate surface area is 82.8 Å². The van der Waals surface area contributed by atoms with Gasteiger partial charge in [0.1, 0.15) is 5.78 Å². The van der Waals surface area contributed by atoms with Crippen molar-refractivity contribution in [3.63, 3.8) is 0 Å². The van der Waals surface area contributed by atoms with E-state index in [1.165, 1.54) is 16.9 Å². The number of rotatable bonds is 1. The highest BCUT2D eigenvalue weighted by molar-refractivity contribution is 7.10. The van der Waals surface area contributed by atoms with E-state index in [1.54, 1.807) is 11.3 Å². The molecule has 1 nitrogen and oxygen atoms in total. The molecule has 0 radical (unpaired) electrons. The van der Waals surface area contributed by atoms with Crippen LogP contribution in [0.15, 0.2) is 11.4 Å². The van der Waals surface area contributed by atoms with Crippen LogP contribution in [0.4, 0.5) is 0 Å². The SMILES string of the molecule is Cc1sccc1C1CCCCC1=O. The van der Waals surface area contributed by atoms with Crippen molar-refractivity contribution >= 4 is 17.1 Å². The van der Waals surface area contributed by atoms with Crippen molar-refractivity contribution in [1.29, 1.82) is 0 Å². The molecule has 70 valence electrons. The van der Waals surface area contributed by atoms with Crippen LogP contribution in [-0.2, 0) is 4.79 Å². The third-order valence-corrected chi connectivity index (χ3v) is 3.69. The van der Waals surface area contributed by atoms with Crippen molar-refractivity contribution in [2.75, 3.05) is 0 Å². The topological polar surface area (TPSA) is 17.1 Å². The number of Topliss-reactive ketones (excluding diaryl/α,β-unsaturated/α-hetero) is 1. The molecule has 1 fully saturated rings. The van der Waals surface area contributed by atoms with E-state index in [1.807, 2.05) is 0 Å². The maximum atomic E-state index is 11.6. The van der Waals surface area contributed by atoms with E-state index in [0.717, 1.165) is 19.3 Å². The highest BCUT2D eigenvalue weighted by atomic mass is 32.1. The third kappa shape index (κ3) is 1.68. The molecule has 0 saturated heterocycles. The largest absolute Gasteiger partial charge is 0.299 e. The summed E-state index contributed by atoms with van der Waals surface area (Å²) in [5.41, 5.74) is 1.29. The molecule has 0 bridgehead atoms. The average Bonchev–Trinajstić information content (AvgIpc) is 2.52. The smallest absolute Gasteiger partial charge is 0.140 e. The Morgan fingerprint density at radius 2 is 2.31 bits per heavy atom. The molecule has 0 spiro atoms. The van der Waals surface area contributed by atoms with Crippen LogP contribution in [0, 0.1) is 6.92 Å². The number of carbonyl (C=O) groups excluding carboxylic acids is 1. The highest BCUT2D eigenvalue weighted by Crippen LogP contribution is 2.33. The predicted octanol–water partition coefficient (Wildman–Crippen LogP) is 3.28. The van der Waals surface area contributed by atoms with Crippen molar-refractivity contribution < 1.29 is 4.79 Å². The van der Waals surface area contributed by atoms with Crippen molar-refractivity contribution in [2.24, 2.45) is 0 Å². The Kier molecular flexibility index (Phi) is 2.49. The molecule has 0 aliphatic heterocycles. The van der Waals surface area contributed by atoms with Crippen molar-refractivity contribution in [3.05, 3.63) is 21.9 Å². The fourth-order valence-corrected chi connectivity index (χ4v) is 2.83. The average molecular weight is 194 g/mol. The molecule has 1 aromatic rings. The zero-order chi connectivity index (χ0) is 9.26. The van der Waals surface area contributed by atoms with Crippen LogP contribution in [0.2, 0.25) is 0 Å². The second-order valence-electron chi connectivity index (χ2n) is 3.70. The lowest BCUT2D eigenvalue weighted by Gasteiger charge is -2.20. The van der Waals surface area contributed by atoms with Gasteiger partial charge in [-0.25, -0.2) is 0 Å². The third-order valence-electron chi connectivity index (χ3n) is 2.83. The van der Waals surface area contributed by atoms with Crippen LogP contribution in [0.5, 0.6) is 0 Å². The van der Waals surface area contributed by atoms with Gasteiger partial charge in [-0.05, 0) is 36.8 Å². The predicted molar refractivity (Wildman–Crippen MR) is 55.3 cm³/mol. The summed E-state index contributed by atoms with van der Waals surface area (Å²) in [5.74, 6) is 0.674. The Morgan fingerprint density at radius 1 is 1.46 bits per heavy atom. The van der Waals surface area contributed by atoms with E-state index in [2.05, 4.69) is 18.4 Å². The maximum absolute atomic E-state index is 11.6. The summed E-state index contributed by atoms with van der Waals surface area (Å²) in [6.45, 7) is 2.11. The minimum absolute atomic E-state index is 0.222. The number of hydrogen-bond donors (Lipinski definition) is 0. The van der Waals surface area contributed by atoms with Gasteiger partial charge in [0.2, 0.25) is 0 Å². The Bertz CT molecular complexity index is 314. The van der Waals surface area contributed by atoms with Gasteiger partial charge in [-0.1, -0.05) is 6.42 Å². The number of aryl methyl sites for hydroxylation is 1. The van der Waals surface area contributed by atoms with E-state index in [4.69, 9.17) is 0 Å². The van der Waals surface area contributed by atoms with Crippen molar-refractivity contribution in [2.45, 2.75) is 38.5 Å². The zero-order valence-corrected chi connectivity index (χ0v) is 8.69. The van der Waals surface area contributed by atoms with E-state index in [9.17, 15) is 4.79 Å². The first kappa shape index (κ1) is 8.95. The minimum atomic E-state index is 0.222. The zero-order valence-electron chi connectivity index (χ0n) is 7.88. The van der Waals surface area contributed by atoms with Crippen molar-refractivity contribution in [3.8, 4) is 0 Å². The number of thiophene rings is 1. The first-order chi connectivity index (χ1) is 6.29. The van der Waals surface area contributed by atoms with Gasteiger partial charge >= 0.3 is 0 Å². The molecular weight excluding hydrogens is 180 g/mol. The van der Waals surface area contributed by atoms with E-state index in [-0.39, 0.29) is 5.92 Å². The van der Waals surface area contributed by atoms with Gasteiger partial charge in [0.05, 0.1) is 0 Å². The number of carbonyl (C=O) groups is 1. The Balaban J connectivity index is 2.24. The monoisotopic (exact) mass is 194 g/mol. The fraction of sp³-hybridized carbons (Fsp3) is 0.545. The molecule has 1 heterocycles. The molecule has 1 saturated carbocycles. The fourth-order valence-electron chi connectivity index (χ4n) is 2.07. The molecule has 1 aromatic heterocycles. The standard InChI is InChI=1S/C11H14OS/c1-8-9(6-7-13-8)10-4-2-3-5-11(10)12/h6-7,10H,2-5H2,1H3. The van der Waals surface area contributed by atoms with Gasteiger partial charge in [-0.15, -0.1) is 11.3 Å². The number of hydrogen-bond acceptors (Lipinski definition) is 2. The second kappa shape index (κ2) is 3.62. The summed E-state index contributed by atoms with van der Waals surface area (Å²) >= 11 is 1.75. The van der Waals surface area contributed by atoms with Gasteiger partial charge in [0.15, 0.2) is 0 Å². The van der Waals surface area contributed by atoms with Crippen LogP contribution >= 0.6 is 11.3 Å². The molecule has 13 heavy (non-hydrogen) atoms. The van der Waals surface area contributed by atoms with Gasteiger partial charge in [-0.2, -0.15) is 0 Å². The summed E-state index contributed by atoms with van der Waals surface area (Å²) in [4.78, 5) is 13.0. The van der Waals surface area contributed by atoms with Gasteiger partial charge in [-0.3, -0.25) is 4.79 Å². The molecule has 0 N–H and O–H groups in total. The maximum Gasteiger partial charge on any atom is 0.140 e. The van der Waals surface area contributed by atoms with E-state index in [0.29, 0.717) is 5.78 Å². The molecule has 1 atom stereocenters.